The molecule has 0 heterocycles. The minimum atomic E-state index is -8.35. The molecule has 0 aliphatic carbocycles. The van der Waals surface area contributed by atoms with Gasteiger partial charge in [0.1, 0.15) is 0 Å². The van der Waals surface area contributed by atoms with Crippen molar-refractivity contribution in [3.63, 3.8) is 0 Å². The van der Waals surface area contributed by atoms with Gasteiger partial charge >= 0.3 is 29.6 Å². The molecule has 15 heavy (non-hydrogen) atoms. The highest BCUT2D eigenvalue weighted by Crippen LogP contribution is 2.44. The Morgan fingerprint density at radius 1 is 0.667 bits per heavy atom. The van der Waals surface area contributed by atoms with Crippen molar-refractivity contribution >= 4 is 18.0 Å². The zero-order valence-corrected chi connectivity index (χ0v) is 8.19. The lowest BCUT2D eigenvalue weighted by molar-refractivity contribution is -0.147. The summed E-state index contributed by atoms with van der Waals surface area (Å²) in [5, 5.41) is 0. The normalized spacial score (nSPS) is 15.6. The van der Waals surface area contributed by atoms with Crippen molar-refractivity contribution in [2.45, 2.75) is 11.6 Å². The fourth-order valence-electron chi connectivity index (χ4n) is 0.436. The van der Waals surface area contributed by atoms with Crippen molar-refractivity contribution in [2.75, 3.05) is 0 Å². The molecule has 0 N–H and O–H groups in total. The van der Waals surface area contributed by atoms with E-state index in [2.05, 4.69) is 0 Å². The van der Waals surface area contributed by atoms with E-state index < -0.39 is 29.6 Å². The lowest BCUT2D eigenvalue weighted by atomic mass is 11.5. The summed E-state index contributed by atoms with van der Waals surface area (Å²) in [6, 6.07) is 0. The third-order valence-corrected chi connectivity index (χ3v) is 4.49. The minimum absolute atomic E-state index is 1.72. The van der Waals surface area contributed by atoms with Crippen LogP contribution in [-0.4, -0.2) is 29.6 Å². The minimum Gasteiger partial charge on any atom is -0.346 e. The van der Waals surface area contributed by atoms with Crippen LogP contribution in [-0.2, 0) is 4.12 Å². The predicted molar refractivity (Wildman–Crippen MR) is 29.1 cm³/mol. The van der Waals surface area contributed by atoms with Crippen LogP contribution in [0.3, 0.4) is 0 Å². The maximum atomic E-state index is 12.3. The summed E-state index contributed by atoms with van der Waals surface area (Å²) in [5.74, 6) is -13.4. The molecule has 0 aromatic rings. The summed E-state index contributed by atoms with van der Waals surface area (Å²) in [7, 11) is -16.1. The SMILES string of the molecule is FC(F)(F)[Si](F)(O[Si](F)(F)F)C(F)(F)F. The highest BCUT2D eigenvalue weighted by molar-refractivity contribution is 6.78. The number of halogens is 10. The molecule has 1 nitrogen and oxygen atoms in total. The fourth-order valence-corrected chi connectivity index (χ4v) is 2.96. The molecule has 0 fully saturated rings. The van der Waals surface area contributed by atoms with Crippen molar-refractivity contribution in [3.05, 3.63) is 0 Å². The van der Waals surface area contributed by atoms with Gasteiger partial charge in [0.2, 0.25) is 0 Å². The van der Waals surface area contributed by atoms with E-state index in [0.29, 0.717) is 0 Å². The highest BCUT2D eigenvalue weighted by atomic mass is 28.5. The second-order valence-corrected chi connectivity index (χ2v) is 6.17. The summed E-state index contributed by atoms with van der Waals surface area (Å²) >= 11 is 0. The van der Waals surface area contributed by atoms with E-state index >= 15 is 0 Å². The third-order valence-electron chi connectivity index (χ3n) is 0.986. The standard InChI is InChI=1S/C2F10OSi2/c3-1(4,5)14(9,2(6,7)8)13-15(10,11)12. The van der Waals surface area contributed by atoms with Crippen LogP contribution in [0.1, 0.15) is 0 Å². The monoisotopic (exact) mass is 286 g/mol. The van der Waals surface area contributed by atoms with E-state index in [1.165, 1.54) is 0 Å². The smallest absolute Gasteiger partial charge is 0.346 e. The van der Waals surface area contributed by atoms with E-state index in [4.69, 9.17) is 0 Å². The summed E-state index contributed by atoms with van der Waals surface area (Å²) < 4.78 is 117. The molecule has 0 radical (unpaired) electrons. The molecule has 92 valence electrons. The van der Waals surface area contributed by atoms with Crippen molar-refractivity contribution in [1.29, 1.82) is 0 Å². The molecule has 13 heteroatoms. The lowest BCUT2D eigenvalue weighted by Gasteiger charge is -2.26. The Labute approximate surface area is 77.6 Å². The van der Waals surface area contributed by atoms with Crippen LogP contribution in [0.4, 0.5) is 42.8 Å². The quantitative estimate of drug-likeness (QED) is 0.431. The molecule has 0 aliphatic rings. The number of alkyl halides is 6. The second kappa shape index (κ2) is 3.62. The van der Waals surface area contributed by atoms with Gasteiger partial charge in [0.05, 0.1) is 0 Å². The van der Waals surface area contributed by atoms with Gasteiger partial charge in [-0.25, -0.2) is 12.3 Å². The Balaban J connectivity index is 5.26. The maximum Gasteiger partial charge on any atom is 0.793 e. The first-order chi connectivity index (χ1) is 6.21. The van der Waals surface area contributed by atoms with Crippen molar-refractivity contribution in [1.82, 2.24) is 0 Å². The van der Waals surface area contributed by atoms with Gasteiger partial charge in [-0.15, -0.1) is 0 Å². The van der Waals surface area contributed by atoms with E-state index in [1.54, 1.807) is 4.12 Å². The van der Waals surface area contributed by atoms with Crippen molar-refractivity contribution < 1.29 is 46.9 Å². The Morgan fingerprint density at radius 3 is 1.00 bits per heavy atom. The van der Waals surface area contributed by atoms with Gasteiger partial charge < -0.3 is 4.12 Å². The molecule has 0 aromatic heterocycles. The first kappa shape index (κ1) is 14.7. The molecule has 0 aliphatic heterocycles. The molecule has 0 aromatic carbocycles. The molecular formula is C2F10OSi2. The maximum absolute atomic E-state index is 12.3. The van der Waals surface area contributed by atoms with Crippen LogP contribution < -0.4 is 0 Å². The summed E-state index contributed by atoms with van der Waals surface area (Å²) in [4.78, 5) is 0. The molecular weight excluding hydrogens is 286 g/mol. The van der Waals surface area contributed by atoms with E-state index in [-0.39, 0.29) is 0 Å². The van der Waals surface area contributed by atoms with Crippen LogP contribution in [0.2, 0.25) is 0 Å². The summed E-state index contributed by atoms with van der Waals surface area (Å²) in [5.41, 5.74) is 0. The Morgan fingerprint density at radius 2 is 0.933 bits per heavy atom. The molecule has 0 spiro atoms. The van der Waals surface area contributed by atoms with Gasteiger partial charge in [-0.1, -0.05) is 0 Å². The largest absolute Gasteiger partial charge is 0.793 e. The van der Waals surface area contributed by atoms with Crippen LogP contribution in [0, 0.1) is 0 Å². The molecule has 0 rings (SSSR count). The molecule has 0 bridgehead atoms. The topological polar surface area (TPSA) is 9.23 Å². The Hall–Kier alpha value is -0.306. The third kappa shape index (κ3) is 3.34. The molecule has 0 atom stereocenters. The first-order valence-electron chi connectivity index (χ1n) is 2.80. The van der Waals surface area contributed by atoms with Gasteiger partial charge in [0, 0.05) is 0 Å². The van der Waals surface area contributed by atoms with Gasteiger partial charge in [-0.05, 0) is 0 Å². The van der Waals surface area contributed by atoms with Crippen molar-refractivity contribution in [3.8, 4) is 0 Å². The number of hydrogen-bond donors (Lipinski definition) is 0. The summed E-state index contributed by atoms with van der Waals surface area (Å²) in [6.45, 7) is 0. The average molecular weight is 286 g/mol. The van der Waals surface area contributed by atoms with E-state index in [0.717, 1.165) is 0 Å². The average Bonchev–Trinajstić information content (AvgIpc) is 1.77. The van der Waals surface area contributed by atoms with Gasteiger partial charge in [0.15, 0.2) is 0 Å². The van der Waals surface area contributed by atoms with Gasteiger partial charge in [-0.2, -0.15) is 26.3 Å². The zero-order chi connectivity index (χ0) is 12.7. The number of hydrogen-bond acceptors (Lipinski definition) is 1. The fraction of sp³-hybridized carbons (Fsp3) is 1.00. The Kier molecular flexibility index (Phi) is 3.54. The number of rotatable bonds is 2. The Bertz CT molecular complexity index is 209. The highest BCUT2D eigenvalue weighted by Gasteiger charge is 2.83. The molecule has 0 saturated carbocycles. The predicted octanol–water partition coefficient (Wildman–Crippen LogP) is 2.96. The van der Waals surface area contributed by atoms with Gasteiger partial charge in [-0.3, -0.25) is 4.11 Å². The van der Waals surface area contributed by atoms with Crippen LogP contribution in [0.25, 0.3) is 0 Å². The molecule has 0 unspecified atom stereocenters. The summed E-state index contributed by atoms with van der Waals surface area (Å²) in [6.07, 6.45) is 0. The van der Waals surface area contributed by atoms with Gasteiger partial charge in [0.25, 0.3) is 0 Å². The van der Waals surface area contributed by atoms with Crippen LogP contribution in [0.5, 0.6) is 0 Å². The first-order valence-corrected chi connectivity index (χ1v) is 6.13. The van der Waals surface area contributed by atoms with E-state index in [1.807, 2.05) is 0 Å². The molecule has 0 amide bonds. The van der Waals surface area contributed by atoms with Crippen molar-refractivity contribution in [2.24, 2.45) is 0 Å². The zero-order valence-electron chi connectivity index (χ0n) is 6.19. The molecule has 0 saturated heterocycles. The van der Waals surface area contributed by atoms with Crippen LogP contribution in [0.15, 0.2) is 0 Å². The lowest BCUT2D eigenvalue weighted by Crippen LogP contribution is -2.64. The second-order valence-electron chi connectivity index (χ2n) is 2.14. The van der Waals surface area contributed by atoms with Crippen LogP contribution >= 0.6 is 0 Å². The van der Waals surface area contributed by atoms with E-state index in [9.17, 15) is 42.8 Å².